The van der Waals surface area contributed by atoms with Crippen molar-refractivity contribution in [3.05, 3.63) is 16.5 Å². The maximum absolute atomic E-state index is 5.57. The molecule has 1 rings (SSSR count). The number of thiophene rings is 1. The summed E-state index contributed by atoms with van der Waals surface area (Å²) in [5, 5.41) is 2.43. The molecule has 1 aromatic heterocycles. The minimum Gasteiger partial charge on any atom is -0.390 e. The summed E-state index contributed by atoms with van der Waals surface area (Å²) in [6, 6.07) is 1.99. The van der Waals surface area contributed by atoms with E-state index >= 15 is 0 Å². The Balaban J connectivity index is 3.15. The van der Waals surface area contributed by atoms with E-state index in [1.807, 2.05) is 13.0 Å². The molecule has 0 aliphatic carbocycles. The predicted molar refractivity (Wildman–Crippen MR) is 46.2 cm³/mol. The number of anilines is 1. The number of nitrogens with two attached hydrogens (primary N) is 1. The zero-order chi connectivity index (χ0) is 6.85. The lowest BCUT2D eigenvalue weighted by molar-refractivity contribution is 1.64. The minimum absolute atomic E-state index is 0.822. The highest BCUT2D eigenvalue weighted by Crippen LogP contribution is 2.22. The van der Waals surface area contributed by atoms with Gasteiger partial charge < -0.3 is 5.73 Å². The van der Waals surface area contributed by atoms with Crippen LogP contribution in [0, 0.1) is 6.92 Å². The van der Waals surface area contributed by atoms with Crippen LogP contribution in [0.25, 0.3) is 0 Å². The maximum Gasteiger partial charge on any atom is 0.0941 e. The van der Waals surface area contributed by atoms with Crippen LogP contribution in [0.15, 0.2) is 6.07 Å². The molecule has 1 aromatic rings. The molecule has 0 aromatic carbocycles. The van der Waals surface area contributed by atoms with Crippen molar-refractivity contribution in [1.82, 2.24) is 0 Å². The van der Waals surface area contributed by atoms with Gasteiger partial charge in [0.25, 0.3) is 0 Å². The fourth-order valence-electron chi connectivity index (χ4n) is 0.644. The van der Waals surface area contributed by atoms with Crippen LogP contribution in [-0.2, 0) is 0 Å². The van der Waals surface area contributed by atoms with E-state index in [-0.39, 0.29) is 0 Å². The fraction of sp³-hybridized carbons (Fsp3) is 0.167. The van der Waals surface area contributed by atoms with Gasteiger partial charge in [0.1, 0.15) is 0 Å². The van der Waals surface area contributed by atoms with Crippen molar-refractivity contribution in [3.63, 3.8) is 0 Å². The van der Waals surface area contributed by atoms with Crippen molar-refractivity contribution < 1.29 is 0 Å². The Morgan fingerprint density at radius 2 is 2.44 bits per heavy atom. The molecule has 0 saturated carbocycles. The summed E-state index contributed by atoms with van der Waals surface area (Å²) in [6.07, 6.45) is 0. The van der Waals surface area contributed by atoms with Crippen LogP contribution in [0.2, 0.25) is 0 Å². The van der Waals surface area contributed by atoms with E-state index in [4.69, 9.17) is 18.0 Å². The summed E-state index contributed by atoms with van der Waals surface area (Å²) in [4.78, 5) is 1.21. The first kappa shape index (κ1) is 6.71. The Morgan fingerprint density at radius 3 is 2.67 bits per heavy atom. The molecular weight excluding hydrogens is 150 g/mol. The van der Waals surface area contributed by atoms with Crippen LogP contribution < -0.4 is 5.73 Å². The van der Waals surface area contributed by atoms with Crippen molar-refractivity contribution in [3.8, 4) is 0 Å². The largest absolute Gasteiger partial charge is 0.390 e. The Bertz CT molecular complexity index is 227. The lowest BCUT2D eigenvalue weighted by atomic mass is 10.3. The number of rotatable bonds is 1. The first-order valence-corrected chi connectivity index (χ1v) is 3.84. The zero-order valence-electron chi connectivity index (χ0n) is 5.05. The highest BCUT2D eigenvalue weighted by molar-refractivity contribution is 7.79. The SMILES string of the molecule is Cc1cc(C=S)c(N)s1. The summed E-state index contributed by atoms with van der Waals surface area (Å²) in [7, 11) is 0. The van der Waals surface area contributed by atoms with Gasteiger partial charge in [-0.05, 0) is 13.0 Å². The highest BCUT2D eigenvalue weighted by Gasteiger charge is 1.97. The Hall–Kier alpha value is -0.410. The third-order valence-electron chi connectivity index (χ3n) is 1.04. The van der Waals surface area contributed by atoms with Crippen molar-refractivity contribution in [2.75, 3.05) is 5.73 Å². The first-order chi connectivity index (χ1) is 4.24. The molecule has 48 valence electrons. The van der Waals surface area contributed by atoms with Crippen molar-refractivity contribution in [2.24, 2.45) is 0 Å². The zero-order valence-corrected chi connectivity index (χ0v) is 6.68. The number of thiocarbonyl (C=S) groups is 1. The third kappa shape index (κ3) is 1.28. The minimum atomic E-state index is 0.822. The number of nitrogen functional groups attached to an aromatic ring is 1. The topological polar surface area (TPSA) is 26.0 Å². The lowest BCUT2D eigenvalue weighted by Crippen LogP contribution is -1.82. The van der Waals surface area contributed by atoms with Crippen LogP contribution in [0.1, 0.15) is 10.4 Å². The number of aryl methyl sites for hydroxylation is 1. The van der Waals surface area contributed by atoms with Crippen LogP contribution in [0.5, 0.6) is 0 Å². The second kappa shape index (κ2) is 2.45. The molecule has 0 fully saturated rings. The van der Waals surface area contributed by atoms with E-state index in [0.717, 1.165) is 10.6 Å². The molecule has 1 nitrogen and oxygen atoms in total. The van der Waals surface area contributed by atoms with Crippen LogP contribution in [0.4, 0.5) is 5.00 Å². The second-order valence-electron chi connectivity index (χ2n) is 1.79. The molecule has 0 aliphatic rings. The first-order valence-electron chi connectivity index (χ1n) is 2.55. The van der Waals surface area contributed by atoms with Crippen LogP contribution in [0.3, 0.4) is 0 Å². The molecule has 1 heterocycles. The van der Waals surface area contributed by atoms with Gasteiger partial charge in [0.05, 0.1) is 5.00 Å². The Morgan fingerprint density at radius 1 is 1.78 bits per heavy atom. The molecular formula is C6H7NS2. The summed E-state index contributed by atoms with van der Waals surface area (Å²) < 4.78 is 0. The number of hydrogen-bond donors (Lipinski definition) is 1. The van der Waals surface area contributed by atoms with Gasteiger partial charge in [-0.25, -0.2) is 0 Å². The van der Waals surface area contributed by atoms with Gasteiger partial charge in [-0.1, -0.05) is 12.2 Å². The third-order valence-corrected chi connectivity index (χ3v) is 2.19. The van der Waals surface area contributed by atoms with Crippen LogP contribution >= 0.6 is 23.6 Å². The Labute approximate surface area is 63.5 Å². The maximum atomic E-state index is 5.57. The average molecular weight is 157 g/mol. The molecule has 0 atom stereocenters. The molecule has 0 spiro atoms. The molecule has 9 heavy (non-hydrogen) atoms. The summed E-state index contributed by atoms with van der Waals surface area (Å²) in [5.74, 6) is 0. The van der Waals surface area contributed by atoms with Crippen molar-refractivity contribution in [1.29, 1.82) is 0 Å². The van der Waals surface area contributed by atoms with Gasteiger partial charge in [-0.2, -0.15) is 0 Å². The van der Waals surface area contributed by atoms with Gasteiger partial charge in [-0.3, -0.25) is 0 Å². The lowest BCUT2D eigenvalue weighted by Gasteiger charge is -1.82. The Kier molecular flexibility index (Phi) is 1.83. The molecule has 0 bridgehead atoms. The van der Waals surface area contributed by atoms with E-state index in [0.29, 0.717) is 0 Å². The smallest absolute Gasteiger partial charge is 0.0941 e. The van der Waals surface area contributed by atoms with E-state index in [1.54, 1.807) is 16.7 Å². The summed E-state index contributed by atoms with van der Waals surface area (Å²) in [6.45, 7) is 2.02. The number of hydrogen-bond acceptors (Lipinski definition) is 3. The van der Waals surface area contributed by atoms with E-state index in [9.17, 15) is 0 Å². The quantitative estimate of drug-likeness (QED) is 0.631. The van der Waals surface area contributed by atoms with Gasteiger partial charge in [0, 0.05) is 15.8 Å². The molecule has 0 unspecified atom stereocenters. The highest BCUT2D eigenvalue weighted by atomic mass is 32.1. The van der Waals surface area contributed by atoms with Crippen LogP contribution in [-0.4, -0.2) is 5.37 Å². The van der Waals surface area contributed by atoms with Gasteiger partial charge in [0.15, 0.2) is 0 Å². The van der Waals surface area contributed by atoms with Gasteiger partial charge >= 0.3 is 0 Å². The summed E-state index contributed by atoms with van der Waals surface area (Å²) in [5.41, 5.74) is 6.55. The standard InChI is InChI=1S/C6H7NS2/c1-4-2-5(3-8)6(7)9-4/h2-3H,7H2,1H3. The predicted octanol–water partition coefficient (Wildman–Crippen LogP) is 1.99. The van der Waals surface area contributed by atoms with E-state index < -0.39 is 0 Å². The van der Waals surface area contributed by atoms with Crippen molar-refractivity contribution >= 4 is 33.9 Å². The molecule has 0 radical (unpaired) electrons. The van der Waals surface area contributed by atoms with Crippen molar-refractivity contribution in [2.45, 2.75) is 6.92 Å². The van der Waals surface area contributed by atoms with E-state index in [1.165, 1.54) is 4.88 Å². The molecule has 0 amide bonds. The average Bonchev–Trinajstić information content (AvgIpc) is 2.10. The van der Waals surface area contributed by atoms with Gasteiger partial charge in [-0.15, -0.1) is 11.3 Å². The van der Waals surface area contributed by atoms with Gasteiger partial charge in [0.2, 0.25) is 0 Å². The molecule has 0 saturated heterocycles. The summed E-state index contributed by atoms with van der Waals surface area (Å²) >= 11 is 6.29. The molecule has 2 N–H and O–H groups in total. The molecule has 0 aliphatic heterocycles. The van der Waals surface area contributed by atoms with E-state index in [2.05, 4.69) is 0 Å². The fourth-order valence-corrected chi connectivity index (χ4v) is 1.68. The monoisotopic (exact) mass is 157 g/mol. The normalized spacial score (nSPS) is 9.44. The second-order valence-corrected chi connectivity index (χ2v) is 3.32. The molecule has 3 heteroatoms.